The molecule has 3 rings (SSSR count). The van der Waals surface area contributed by atoms with Crippen molar-refractivity contribution in [2.75, 3.05) is 13.2 Å². The SMILES string of the molecule is OC[C@H]1OC[C@H](n2cnc3c(Cl)ncnc32)S1. The van der Waals surface area contributed by atoms with Crippen molar-refractivity contribution in [2.45, 2.75) is 10.8 Å². The molecule has 0 bridgehead atoms. The van der Waals surface area contributed by atoms with Crippen LogP contribution in [0.25, 0.3) is 11.2 Å². The van der Waals surface area contributed by atoms with Gasteiger partial charge in [0.2, 0.25) is 0 Å². The van der Waals surface area contributed by atoms with E-state index in [-0.39, 0.29) is 17.4 Å². The lowest BCUT2D eigenvalue weighted by Gasteiger charge is -2.09. The van der Waals surface area contributed by atoms with Crippen molar-refractivity contribution in [3.05, 3.63) is 17.8 Å². The largest absolute Gasteiger partial charge is 0.393 e. The van der Waals surface area contributed by atoms with Crippen LogP contribution in [0.1, 0.15) is 5.37 Å². The number of hydrogen-bond donors (Lipinski definition) is 1. The van der Waals surface area contributed by atoms with E-state index in [0.29, 0.717) is 22.9 Å². The Morgan fingerprint density at radius 2 is 2.41 bits per heavy atom. The number of aliphatic hydroxyl groups excluding tert-OH is 1. The molecule has 17 heavy (non-hydrogen) atoms. The number of imidazole rings is 1. The first kappa shape index (κ1) is 11.2. The van der Waals surface area contributed by atoms with E-state index in [1.165, 1.54) is 18.1 Å². The van der Waals surface area contributed by atoms with Crippen molar-refractivity contribution in [1.29, 1.82) is 0 Å². The smallest absolute Gasteiger partial charge is 0.165 e. The molecular formula is C9H9ClN4O2S. The van der Waals surface area contributed by atoms with Crippen molar-refractivity contribution in [3.8, 4) is 0 Å². The highest BCUT2D eigenvalue weighted by Gasteiger charge is 2.28. The van der Waals surface area contributed by atoms with E-state index in [1.54, 1.807) is 6.33 Å². The standard InChI is InChI=1S/C9H9ClN4O2S/c10-8-7-9(12-3-11-8)14(4-13-7)5-2-16-6(1-15)17-5/h3-6,15H,1-2H2/t5-,6+/m1/s1. The minimum absolute atomic E-state index is 0.00351. The monoisotopic (exact) mass is 272 g/mol. The van der Waals surface area contributed by atoms with Gasteiger partial charge in [0.25, 0.3) is 0 Å². The highest BCUT2D eigenvalue weighted by molar-refractivity contribution is 8.00. The molecule has 1 aliphatic rings. The van der Waals surface area contributed by atoms with Crippen LogP contribution in [0.4, 0.5) is 0 Å². The molecule has 2 aromatic heterocycles. The first-order valence-electron chi connectivity index (χ1n) is 5.00. The van der Waals surface area contributed by atoms with E-state index < -0.39 is 0 Å². The molecule has 0 radical (unpaired) electrons. The molecular weight excluding hydrogens is 264 g/mol. The summed E-state index contributed by atoms with van der Waals surface area (Å²) in [4.78, 5) is 12.2. The lowest BCUT2D eigenvalue weighted by Crippen LogP contribution is -2.05. The molecule has 1 saturated heterocycles. The van der Waals surface area contributed by atoms with E-state index in [0.717, 1.165) is 0 Å². The Morgan fingerprint density at radius 3 is 3.18 bits per heavy atom. The van der Waals surface area contributed by atoms with E-state index in [2.05, 4.69) is 15.0 Å². The van der Waals surface area contributed by atoms with E-state index in [1.807, 2.05) is 4.57 Å². The molecule has 0 aromatic carbocycles. The quantitative estimate of drug-likeness (QED) is 0.824. The minimum atomic E-state index is -0.185. The van der Waals surface area contributed by atoms with Crippen LogP contribution in [0.15, 0.2) is 12.7 Å². The maximum Gasteiger partial charge on any atom is 0.165 e. The highest BCUT2D eigenvalue weighted by atomic mass is 35.5. The third-order valence-electron chi connectivity index (χ3n) is 2.51. The van der Waals surface area contributed by atoms with E-state index >= 15 is 0 Å². The first-order valence-corrected chi connectivity index (χ1v) is 6.32. The van der Waals surface area contributed by atoms with Crippen molar-refractivity contribution in [1.82, 2.24) is 19.5 Å². The summed E-state index contributed by atoms with van der Waals surface area (Å²) < 4.78 is 7.30. The Hall–Kier alpha value is -0.890. The number of ether oxygens (including phenoxy) is 1. The minimum Gasteiger partial charge on any atom is -0.393 e. The van der Waals surface area contributed by atoms with Gasteiger partial charge in [-0.25, -0.2) is 15.0 Å². The Morgan fingerprint density at radius 1 is 1.53 bits per heavy atom. The van der Waals surface area contributed by atoms with Gasteiger partial charge in [-0.3, -0.25) is 4.57 Å². The van der Waals surface area contributed by atoms with Crippen LogP contribution in [-0.4, -0.2) is 43.3 Å². The maximum absolute atomic E-state index is 9.02. The van der Waals surface area contributed by atoms with Gasteiger partial charge in [0.05, 0.1) is 19.5 Å². The second-order valence-electron chi connectivity index (χ2n) is 3.52. The lowest BCUT2D eigenvalue weighted by molar-refractivity contribution is 0.0810. The average Bonchev–Trinajstić information content (AvgIpc) is 2.94. The number of hydrogen-bond acceptors (Lipinski definition) is 6. The second-order valence-corrected chi connectivity index (χ2v) is 5.22. The molecule has 0 saturated carbocycles. The lowest BCUT2D eigenvalue weighted by atomic mass is 10.5. The number of aliphatic hydroxyl groups is 1. The van der Waals surface area contributed by atoms with Crippen molar-refractivity contribution < 1.29 is 9.84 Å². The fourth-order valence-corrected chi connectivity index (χ4v) is 2.93. The average molecular weight is 273 g/mol. The van der Waals surface area contributed by atoms with Crippen LogP contribution >= 0.6 is 23.4 Å². The molecule has 6 nitrogen and oxygen atoms in total. The van der Waals surface area contributed by atoms with Crippen LogP contribution in [0.3, 0.4) is 0 Å². The number of thioether (sulfide) groups is 1. The van der Waals surface area contributed by atoms with Gasteiger partial charge in [-0.15, -0.1) is 11.8 Å². The summed E-state index contributed by atoms with van der Waals surface area (Å²) in [7, 11) is 0. The van der Waals surface area contributed by atoms with Gasteiger partial charge in [-0.2, -0.15) is 0 Å². The third-order valence-corrected chi connectivity index (χ3v) is 4.05. The van der Waals surface area contributed by atoms with Crippen LogP contribution in [-0.2, 0) is 4.74 Å². The molecule has 2 atom stereocenters. The molecule has 0 aliphatic carbocycles. The highest BCUT2D eigenvalue weighted by Crippen LogP contribution is 2.36. The summed E-state index contributed by atoms with van der Waals surface area (Å²) in [5, 5.41) is 9.42. The summed E-state index contributed by atoms with van der Waals surface area (Å²) in [6.07, 6.45) is 3.08. The fourth-order valence-electron chi connectivity index (χ4n) is 1.72. The fraction of sp³-hybridized carbons (Fsp3) is 0.444. The van der Waals surface area contributed by atoms with Gasteiger partial charge in [-0.1, -0.05) is 11.6 Å². The summed E-state index contributed by atoms with van der Waals surface area (Å²) in [6.45, 7) is 0.520. The zero-order valence-corrected chi connectivity index (χ0v) is 10.2. The van der Waals surface area contributed by atoms with Gasteiger partial charge < -0.3 is 9.84 Å². The van der Waals surface area contributed by atoms with Crippen molar-refractivity contribution >= 4 is 34.5 Å². The summed E-state index contributed by atoms with van der Waals surface area (Å²) in [6, 6.07) is 0. The Kier molecular flexibility index (Phi) is 2.91. The van der Waals surface area contributed by atoms with E-state index in [9.17, 15) is 0 Å². The molecule has 0 unspecified atom stereocenters. The summed E-state index contributed by atoms with van der Waals surface area (Å²) >= 11 is 7.46. The van der Waals surface area contributed by atoms with Crippen LogP contribution < -0.4 is 0 Å². The van der Waals surface area contributed by atoms with Gasteiger partial charge in [0, 0.05) is 0 Å². The topological polar surface area (TPSA) is 73.1 Å². The van der Waals surface area contributed by atoms with Gasteiger partial charge in [-0.05, 0) is 0 Å². The zero-order chi connectivity index (χ0) is 11.8. The second kappa shape index (κ2) is 4.41. The maximum atomic E-state index is 9.02. The van der Waals surface area contributed by atoms with Crippen molar-refractivity contribution in [2.24, 2.45) is 0 Å². The third kappa shape index (κ3) is 1.89. The number of nitrogens with zero attached hydrogens (tertiary/aromatic N) is 4. The van der Waals surface area contributed by atoms with Crippen molar-refractivity contribution in [3.63, 3.8) is 0 Å². The molecule has 0 amide bonds. The summed E-state index contributed by atoms with van der Waals surface area (Å²) in [5.74, 6) is 0. The number of fused-ring (bicyclic) bond motifs is 1. The van der Waals surface area contributed by atoms with Crippen LogP contribution in [0.5, 0.6) is 0 Å². The van der Waals surface area contributed by atoms with Gasteiger partial charge in [0.1, 0.15) is 22.7 Å². The molecule has 90 valence electrons. The molecule has 0 spiro atoms. The normalized spacial score (nSPS) is 24.6. The predicted octanol–water partition coefficient (Wildman–Crippen LogP) is 1.06. The number of rotatable bonds is 2. The van der Waals surface area contributed by atoms with Crippen LogP contribution in [0.2, 0.25) is 5.15 Å². The number of aromatic nitrogens is 4. The molecule has 8 heteroatoms. The summed E-state index contributed by atoms with van der Waals surface area (Å²) in [5.41, 5.74) is 1.08. The van der Waals surface area contributed by atoms with Gasteiger partial charge >= 0.3 is 0 Å². The van der Waals surface area contributed by atoms with E-state index in [4.69, 9.17) is 21.4 Å². The first-order chi connectivity index (χ1) is 8.29. The molecule has 3 heterocycles. The molecule has 2 aromatic rings. The molecule has 1 fully saturated rings. The predicted molar refractivity (Wildman–Crippen MR) is 63.8 cm³/mol. The zero-order valence-electron chi connectivity index (χ0n) is 8.65. The number of halogens is 1. The Bertz CT molecular complexity index is 549. The van der Waals surface area contributed by atoms with Crippen LogP contribution in [0, 0.1) is 0 Å². The van der Waals surface area contributed by atoms with Gasteiger partial charge in [0.15, 0.2) is 10.8 Å². The Balaban J connectivity index is 1.99. The molecule has 1 aliphatic heterocycles. The molecule has 1 N–H and O–H groups in total. The Labute approximate surface area is 106 Å².